The molecule has 2 rings (SSSR count). The third kappa shape index (κ3) is 8.53. The number of likely N-dealkylation sites (tertiary alicyclic amines) is 1. The summed E-state index contributed by atoms with van der Waals surface area (Å²) in [5.74, 6) is 1.37. The van der Waals surface area contributed by atoms with E-state index >= 15 is 0 Å². The van der Waals surface area contributed by atoms with Gasteiger partial charge in [-0.1, -0.05) is 0 Å². The standard InChI is InChI=1S/C11H22N2O2.C6H14N2/c1-11(2,3)15-10(14)13-6-4-9(8-12)5-7-13;7-5-6-1-3-8-4-2-6/h9H,4-8,12H2,1-3H3;6,8H,1-5,7H2. The zero-order chi connectivity index (χ0) is 17.3. The van der Waals surface area contributed by atoms with Crippen LogP contribution in [0.5, 0.6) is 0 Å². The summed E-state index contributed by atoms with van der Waals surface area (Å²) in [4.78, 5) is 13.5. The SMILES string of the molecule is CC(C)(C)OC(=O)N1CCC(CN)CC1.NCC1CCNCC1. The van der Waals surface area contributed by atoms with Gasteiger partial charge in [-0.2, -0.15) is 0 Å². The molecule has 2 aliphatic heterocycles. The van der Waals surface area contributed by atoms with Gasteiger partial charge in [0.05, 0.1) is 0 Å². The third-order valence-corrected chi connectivity index (χ3v) is 4.39. The van der Waals surface area contributed by atoms with Gasteiger partial charge < -0.3 is 26.4 Å². The molecule has 2 saturated heterocycles. The van der Waals surface area contributed by atoms with E-state index in [4.69, 9.17) is 16.2 Å². The lowest BCUT2D eigenvalue weighted by Crippen LogP contribution is -2.42. The Morgan fingerprint density at radius 1 is 1.04 bits per heavy atom. The van der Waals surface area contributed by atoms with Crippen LogP contribution in [0, 0.1) is 11.8 Å². The van der Waals surface area contributed by atoms with Gasteiger partial charge in [0, 0.05) is 13.1 Å². The number of carbonyl (C=O) groups excluding carboxylic acids is 1. The smallest absolute Gasteiger partial charge is 0.410 e. The molecule has 0 unspecified atom stereocenters. The van der Waals surface area contributed by atoms with E-state index in [2.05, 4.69) is 5.32 Å². The fourth-order valence-corrected chi connectivity index (χ4v) is 2.80. The highest BCUT2D eigenvalue weighted by atomic mass is 16.6. The molecule has 0 aromatic rings. The first-order chi connectivity index (χ1) is 10.9. The number of hydrogen-bond acceptors (Lipinski definition) is 5. The van der Waals surface area contributed by atoms with Crippen LogP contribution in [0.4, 0.5) is 4.79 Å². The summed E-state index contributed by atoms with van der Waals surface area (Å²) in [6, 6.07) is 0. The van der Waals surface area contributed by atoms with Gasteiger partial charge in [-0.25, -0.2) is 4.79 Å². The number of carbonyl (C=O) groups is 1. The summed E-state index contributed by atoms with van der Waals surface area (Å²) in [6.07, 6.45) is 4.34. The Hall–Kier alpha value is -0.850. The number of nitrogens with two attached hydrogens (primary N) is 2. The van der Waals surface area contributed by atoms with E-state index in [9.17, 15) is 4.79 Å². The molecule has 2 fully saturated rings. The first kappa shape index (κ1) is 20.2. The largest absolute Gasteiger partial charge is 0.444 e. The highest BCUT2D eigenvalue weighted by Gasteiger charge is 2.26. The minimum absolute atomic E-state index is 0.196. The molecule has 6 heteroatoms. The van der Waals surface area contributed by atoms with Gasteiger partial charge in [0.1, 0.15) is 5.60 Å². The minimum atomic E-state index is -0.401. The Balaban J connectivity index is 0.000000277. The van der Waals surface area contributed by atoms with E-state index in [1.807, 2.05) is 20.8 Å². The van der Waals surface area contributed by atoms with Crippen molar-refractivity contribution in [1.82, 2.24) is 10.2 Å². The Bertz CT molecular complexity index is 330. The molecular formula is C17H36N4O2. The van der Waals surface area contributed by atoms with Gasteiger partial charge in [-0.15, -0.1) is 0 Å². The molecule has 0 radical (unpaired) electrons. The van der Waals surface area contributed by atoms with Crippen LogP contribution in [-0.2, 0) is 4.74 Å². The molecule has 23 heavy (non-hydrogen) atoms. The molecule has 2 aliphatic rings. The molecule has 0 saturated carbocycles. The molecular weight excluding hydrogens is 292 g/mol. The Morgan fingerprint density at radius 3 is 1.91 bits per heavy atom. The first-order valence-electron chi connectivity index (χ1n) is 8.94. The molecule has 5 N–H and O–H groups in total. The predicted molar refractivity (Wildman–Crippen MR) is 94.2 cm³/mol. The third-order valence-electron chi connectivity index (χ3n) is 4.39. The van der Waals surface area contributed by atoms with Crippen molar-refractivity contribution >= 4 is 6.09 Å². The quantitative estimate of drug-likeness (QED) is 0.715. The van der Waals surface area contributed by atoms with Crippen molar-refractivity contribution < 1.29 is 9.53 Å². The highest BCUT2D eigenvalue weighted by Crippen LogP contribution is 2.18. The monoisotopic (exact) mass is 328 g/mol. The molecule has 0 spiro atoms. The van der Waals surface area contributed by atoms with Crippen molar-refractivity contribution in [2.45, 2.75) is 52.1 Å². The summed E-state index contributed by atoms with van der Waals surface area (Å²) in [6.45, 7) is 11.1. The zero-order valence-electron chi connectivity index (χ0n) is 15.1. The normalized spacial score (nSPS) is 20.7. The minimum Gasteiger partial charge on any atom is -0.444 e. The molecule has 0 atom stereocenters. The fraction of sp³-hybridized carbons (Fsp3) is 0.941. The van der Waals surface area contributed by atoms with Crippen LogP contribution in [-0.4, -0.2) is 55.9 Å². The predicted octanol–water partition coefficient (Wildman–Crippen LogP) is 1.54. The molecule has 136 valence electrons. The van der Waals surface area contributed by atoms with E-state index in [-0.39, 0.29) is 6.09 Å². The van der Waals surface area contributed by atoms with Crippen LogP contribution < -0.4 is 16.8 Å². The van der Waals surface area contributed by atoms with E-state index in [1.54, 1.807) is 4.90 Å². The lowest BCUT2D eigenvalue weighted by molar-refractivity contribution is 0.0187. The molecule has 0 aromatic carbocycles. The van der Waals surface area contributed by atoms with Crippen LogP contribution in [0.25, 0.3) is 0 Å². The zero-order valence-corrected chi connectivity index (χ0v) is 15.1. The Morgan fingerprint density at radius 2 is 1.52 bits per heavy atom. The number of nitrogens with one attached hydrogen (secondary N) is 1. The summed E-state index contributed by atoms with van der Waals surface area (Å²) >= 11 is 0. The lowest BCUT2D eigenvalue weighted by atomic mass is 9.97. The van der Waals surface area contributed by atoms with Crippen LogP contribution >= 0.6 is 0 Å². The number of piperidine rings is 2. The van der Waals surface area contributed by atoms with Crippen molar-refractivity contribution in [1.29, 1.82) is 0 Å². The molecule has 0 aliphatic carbocycles. The number of nitrogens with zero attached hydrogens (tertiary/aromatic N) is 1. The van der Waals surface area contributed by atoms with E-state index < -0.39 is 5.60 Å². The second kappa shape index (κ2) is 10.1. The molecule has 6 nitrogen and oxygen atoms in total. The average Bonchev–Trinajstić information content (AvgIpc) is 2.54. The molecule has 0 bridgehead atoms. The van der Waals surface area contributed by atoms with Gasteiger partial charge in [-0.05, 0) is 84.5 Å². The van der Waals surface area contributed by atoms with Crippen molar-refractivity contribution in [2.75, 3.05) is 39.3 Å². The van der Waals surface area contributed by atoms with Gasteiger partial charge in [-0.3, -0.25) is 0 Å². The maximum absolute atomic E-state index is 11.7. The van der Waals surface area contributed by atoms with Gasteiger partial charge in [0.25, 0.3) is 0 Å². The van der Waals surface area contributed by atoms with Crippen molar-refractivity contribution in [2.24, 2.45) is 23.3 Å². The number of ether oxygens (including phenoxy) is 1. The topological polar surface area (TPSA) is 93.6 Å². The number of amides is 1. The van der Waals surface area contributed by atoms with Crippen molar-refractivity contribution in [3.05, 3.63) is 0 Å². The second-order valence-corrected chi connectivity index (χ2v) is 7.58. The number of hydrogen-bond donors (Lipinski definition) is 3. The summed E-state index contributed by atoms with van der Waals surface area (Å²) in [5, 5.41) is 3.29. The maximum atomic E-state index is 11.7. The van der Waals surface area contributed by atoms with Crippen molar-refractivity contribution in [3.63, 3.8) is 0 Å². The molecule has 1 amide bonds. The average molecular weight is 329 g/mol. The number of rotatable bonds is 2. The van der Waals surface area contributed by atoms with Gasteiger partial charge in [0.2, 0.25) is 0 Å². The summed E-state index contributed by atoms with van der Waals surface area (Å²) < 4.78 is 5.30. The van der Waals surface area contributed by atoms with E-state index in [0.29, 0.717) is 5.92 Å². The second-order valence-electron chi connectivity index (χ2n) is 7.58. The van der Waals surface area contributed by atoms with Crippen LogP contribution in [0.2, 0.25) is 0 Å². The lowest BCUT2D eigenvalue weighted by Gasteiger charge is -2.32. The Kier molecular flexibility index (Phi) is 8.87. The van der Waals surface area contributed by atoms with Crippen LogP contribution in [0.3, 0.4) is 0 Å². The van der Waals surface area contributed by atoms with E-state index in [0.717, 1.165) is 44.9 Å². The Labute approximate surface area is 141 Å². The van der Waals surface area contributed by atoms with Crippen LogP contribution in [0.15, 0.2) is 0 Å². The summed E-state index contributed by atoms with van der Waals surface area (Å²) in [5.41, 5.74) is 10.7. The molecule has 2 heterocycles. The highest BCUT2D eigenvalue weighted by molar-refractivity contribution is 5.68. The molecule has 0 aromatic heterocycles. The first-order valence-corrected chi connectivity index (χ1v) is 8.94. The summed E-state index contributed by atoms with van der Waals surface area (Å²) in [7, 11) is 0. The van der Waals surface area contributed by atoms with Crippen molar-refractivity contribution in [3.8, 4) is 0 Å². The van der Waals surface area contributed by atoms with Crippen LogP contribution in [0.1, 0.15) is 46.5 Å². The van der Waals surface area contributed by atoms with Gasteiger partial charge >= 0.3 is 6.09 Å². The fourth-order valence-electron chi connectivity index (χ4n) is 2.80. The van der Waals surface area contributed by atoms with E-state index in [1.165, 1.54) is 25.9 Å². The maximum Gasteiger partial charge on any atom is 0.410 e. The van der Waals surface area contributed by atoms with Gasteiger partial charge in [0.15, 0.2) is 0 Å².